The lowest BCUT2D eigenvalue weighted by Gasteiger charge is -2.15. The average Bonchev–Trinajstić information content (AvgIpc) is 2.82. The summed E-state index contributed by atoms with van der Waals surface area (Å²) in [5.74, 6) is 2.45. The fraction of sp³-hybridized carbons (Fsp3) is 0.692. The molecular formula is C13H19NO. The summed E-state index contributed by atoms with van der Waals surface area (Å²) in [5.41, 5.74) is 3.04. The Balaban J connectivity index is 2.01. The molecule has 1 unspecified atom stereocenters. The van der Waals surface area contributed by atoms with Crippen LogP contribution in [0, 0.1) is 6.92 Å². The van der Waals surface area contributed by atoms with Crippen molar-refractivity contribution in [3.05, 3.63) is 22.6 Å². The minimum absolute atomic E-state index is 0.579. The second-order valence-corrected chi connectivity index (χ2v) is 4.83. The summed E-state index contributed by atoms with van der Waals surface area (Å²) in [7, 11) is 0. The fourth-order valence-corrected chi connectivity index (χ4v) is 3.11. The number of rotatable bonds is 1. The molecule has 2 nitrogen and oxygen atoms in total. The molecule has 15 heavy (non-hydrogen) atoms. The van der Waals surface area contributed by atoms with E-state index in [-0.39, 0.29) is 0 Å². The predicted molar refractivity (Wildman–Crippen MR) is 60.1 cm³/mol. The number of aryl methyl sites for hydroxylation is 2. The molecule has 0 spiro atoms. The Morgan fingerprint density at radius 3 is 2.87 bits per heavy atom. The molecule has 2 aliphatic rings. The smallest absolute Gasteiger partial charge is 0.107 e. The number of hydrogen-bond acceptors (Lipinski definition) is 2. The molecule has 1 aliphatic heterocycles. The molecule has 0 aromatic carbocycles. The van der Waals surface area contributed by atoms with Gasteiger partial charge in [-0.2, -0.15) is 0 Å². The Hall–Kier alpha value is -0.760. The van der Waals surface area contributed by atoms with E-state index in [1.54, 1.807) is 0 Å². The molecule has 1 atom stereocenters. The molecule has 1 aromatic rings. The second-order valence-electron chi connectivity index (χ2n) is 4.83. The zero-order valence-corrected chi connectivity index (χ0v) is 9.44. The SMILES string of the molecule is Cc1oc2c(c1C1CCCN1)CCCC2. The van der Waals surface area contributed by atoms with Crippen LogP contribution in [0.4, 0.5) is 0 Å². The largest absolute Gasteiger partial charge is 0.466 e. The zero-order chi connectivity index (χ0) is 10.3. The summed E-state index contributed by atoms with van der Waals surface area (Å²) < 4.78 is 5.91. The molecule has 1 saturated heterocycles. The number of furan rings is 1. The highest BCUT2D eigenvalue weighted by Crippen LogP contribution is 2.36. The monoisotopic (exact) mass is 205 g/mol. The van der Waals surface area contributed by atoms with E-state index in [1.165, 1.54) is 61.3 Å². The summed E-state index contributed by atoms with van der Waals surface area (Å²) >= 11 is 0. The van der Waals surface area contributed by atoms with Gasteiger partial charge in [0.2, 0.25) is 0 Å². The van der Waals surface area contributed by atoms with E-state index >= 15 is 0 Å². The van der Waals surface area contributed by atoms with Crippen LogP contribution in [0.1, 0.15) is 54.4 Å². The van der Waals surface area contributed by atoms with Crippen molar-refractivity contribution in [3.63, 3.8) is 0 Å². The van der Waals surface area contributed by atoms with Crippen LogP contribution in [0.3, 0.4) is 0 Å². The Bertz CT molecular complexity index is 361. The Labute approximate surface area is 91.0 Å². The van der Waals surface area contributed by atoms with Crippen molar-refractivity contribution < 1.29 is 4.42 Å². The van der Waals surface area contributed by atoms with Crippen LogP contribution in [-0.2, 0) is 12.8 Å². The van der Waals surface area contributed by atoms with E-state index in [1.807, 2.05) is 0 Å². The van der Waals surface area contributed by atoms with Crippen LogP contribution in [-0.4, -0.2) is 6.54 Å². The minimum Gasteiger partial charge on any atom is -0.466 e. The highest BCUT2D eigenvalue weighted by molar-refractivity contribution is 5.37. The quantitative estimate of drug-likeness (QED) is 0.762. The first-order chi connectivity index (χ1) is 7.36. The van der Waals surface area contributed by atoms with Gasteiger partial charge in [0.1, 0.15) is 11.5 Å². The van der Waals surface area contributed by atoms with Crippen LogP contribution in [0.25, 0.3) is 0 Å². The number of nitrogens with one attached hydrogen (secondary N) is 1. The first-order valence-corrected chi connectivity index (χ1v) is 6.20. The molecular weight excluding hydrogens is 186 g/mol. The Kier molecular flexibility index (Phi) is 2.32. The molecule has 2 heterocycles. The van der Waals surface area contributed by atoms with Gasteiger partial charge in [-0.3, -0.25) is 0 Å². The molecule has 0 saturated carbocycles. The third-order valence-corrected chi connectivity index (χ3v) is 3.81. The first kappa shape index (κ1) is 9.46. The topological polar surface area (TPSA) is 25.2 Å². The van der Waals surface area contributed by atoms with E-state index in [2.05, 4.69) is 12.2 Å². The average molecular weight is 205 g/mol. The van der Waals surface area contributed by atoms with Gasteiger partial charge in [-0.25, -0.2) is 0 Å². The molecule has 0 amide bonds. The standard InChI is InChI=1S/C13H19NO/c1-9-13(11-6-4-8-14-11)10-5-2-3-7-12(10)15-9/h11,14H,2-8H2,1H3. The van der Waals surface area contributed by atoms with E-state index in [0.29, 0.717) is 6.04 Å². The summed E-state index contributed by atoms with van der Waals surface area (Å²) in [6.07, 6.45) is 7.63. The summed E-state index contributed by atoms with van der Waals surface area (Å²) in [6.45, 7) is 3.30. The minimum atomic E-state index is 0.579. The van der Waals surface area contributed by atoms with Crippen molar-refractivity contribution >= 4 is 0 Å². The summed E-state index contributed by atoms with van der Waals surface area (Å²) in [5, 5.41) is 3.59. The molecule has 1 N–H and O–H groups in total. The molecule has 0 radical (unpaired) electrons. The van der Waals surface area contributed by atoms with Crippen molar-refractivity contribution in [3.8, 4) is 0 Å². The normalized spacial score (nSPS) is 25.5. The van der Waals surface area contributed by atoms with Gasteiger partial charge >= 0.3 is 0 Å². The molecule has 2 heteroatoms. The Morgan fingerprint density at radius 1 is 1.20 bits per heavy atom. The van der Waals surface area contributed by atoms with Gasteiger partial charge in [0.05, 0.1) is 0 Å². The summed E-state index contributed by atoms with van der Waals surface area (Å²) in [4.78, 5) is 0. The van der Waals surface area contributed by atoms with E-state index in [0.717, 1.165) is 6.42 Å². The molecule has 1 aliphatic carbocycles. The van der Waals surface area contributed by atoms with Crippen LogP contribution in [0.2, 0.25) is 0 Å². The molecule has 1 fully saturated rings. The maximum Gasteiger partial charge on any atom is 0.107 e. The van der Waals surface area contributed by atoms with Crippen molar-refractivity contribution in [2.75, 3.05) is 6.54 Å². The molecule has 1 aromatic heterocycles. The van der Waals surface area contributed by atoms with E-state index in [9.17, 15) is 0 Å². The highest BCUT2D eigenvalue weighted by atomic mass is 16.3. The maximum atomic E-state index is 5.91. The molecule has 3 rings (SSSR count). The van der Waals surface area contributed by atoms with Crippen molar-refractivity contribution in [1.82, 2.24) is 5.32 Å². The number of hydrogen-bond donors (Lipinski definition) is 1. The second kappa shape index (κ2) is 3.67. The van der Waals surface area contributed by atoms with Gasteiger partial charge < -0.3 is 9.73 Å². The van der Waals surface area contributed by atoms with Gasteiger partial charge in [-0.1, -0.05) is 0 Å². The van der Waals surface area contributed by atoms with Gasteiger partial charge in [0, 0.05) is 18.0 Å². The van der Waals surface area contributed by atoms with Crippen molar-refractivity contribution in [2.45, 2.75) is 51.5 Å². The zero-order valence-electron chi connectivity index (χ0n) is 9.44. The molecule has 0 bridgehead atoms. The van der Waals surface area contributed by atoms with Gasteiger partial charge in [-0.15, -0.1) is 0 Å². The van der Waals surface area contributed by atoms with E-state index in [4.69, 9.17) is 4.42 Å². The first-order valence-electron chi connectivity index (χ1n) is 6.20. The maximum absolute atomic E-state index is 5.91. The number of fused-ring (bicyclic) bond motifs is 1. The van der Waals surface area contributed by atoms with Crippen LogP contribution in [0.15, 0.2) is 4.42 Å². The fourth-order valence-electron chi connectivity index (χ4n) is 3.11. The highest BCUT2D eigenvalue weighted by Gasteiger charge is 2.27. The van der Waals surface area contributed by atoms with Crippen molar-refractivity contribution in [2.24, 2.45) is 0 Å². The third-order valence-electron chi connectivity index (χ3n) is 3.81. The summed E-state index contributed by atoms with van der Waals surface area (Å²) in [6, 6.07) is 0.579. The van der Waals surface area contributed by atoms with Crippen molar-refractivity contribution in [1.29, 1.82) is 0 Å². The van der Waals surface area contributed by atoms with Crippen LogP contribution in [0.5, 0.6) is 0 Å². The Morgan fingerprint density at radius 2 is 2.07 bits per heavy atom. The lowest BCUT2D eigenvalue weighted by molar-refractivity contribution is 0.455. The van der Waals surface area contributed by atoms with Gasteiger partial charge in [0.15, 0.2) is 0 Å². The lowest BCUT2D eigenvalue weighted by atomic mass is 9.91. The van der Waals surface area contributed by atoms with Crippen LogP contribution >= 0.6 is 0 Å². The lowest BCUT2D eigenvalue weighted by Crippen LogP contribution is -2.15. The molecule has 82 valence electrons. The van der Waals surface area contributed by atoms with Gasteiger partial charge in [0.25, 0.3) is 0 Å². The predicted octanol–water partition coefficient (Wildman–Crippen LogP) is 2.89. The van der Waals surface area contributed by atoms with Crippen LogP contribution < -0.4 is 5.32 Å². The van der Waals surface area contributed by atoms with E-state index < -0.39 is 0 Å². The van der Waals surface area contributed by atoms with Gasteiger partial charge in [-0.05, 0) is 51.1 Å². The third kappa shape index (κ3) is 1.51.